The number of thioether (sulfide) groups is 1. The Morgan fingerprint density at radius 1 is 0.674 bits per heavy atom. The molecule has 0 heterocycles. The third-order valence-corrected chi connectivity index (χ3v) is 9.52. The van der Waals surface area contributed by atoms with Gasteiger partial charge in [-0.15, -0.1) is 0 Å². The molecule has 0 unspecified atom stereocenters. The Labute approximate surface area is 331 Å². The van der Waals surface area contributed by atoms with Crippen LogP contribution < -0.4 is 68.9 Å². The summed E-state index contributed by atoms with van der Waals surface area (Å²) in [5, 5.41) is 0. The van der Waals surface area contributed by atoms with Gasteiger partial charge in [-0.25, -0.2) is 0 Å². The van der Waals surface area contributed by atoms with Crippen molar-refractivity contribution in [2.75, 3.05) is 24.7 Å². The van der Waals surface area contributed by atoms with Gasteiger partial charge in [0.1, 0.15) is 6.10 Å². The van der Waals surface area contributed by atoms with Crippen molar-refractivity contribution in [1.82, 2.24) is 0 Å². The van der Waals surface area contributed by atoms with Gasteiger partial charge in [-0.2, -0.15) is 11.8 Å². The van der Waals surface area contributed by atoms with Crippen LogP contribution in [-0.2, 0) is 28.2 Å². The summed E-state index contributed by atoms with van der Waals surface area (Å²) in [5.41, 5.74) is 0. The minimum absolute atomic E-state index is 0. The van der Waals surface area contributed by atoms with Crippen LogP contribution in [0.5, 0.6) is 0 Å². The first kappa shape index (κ1) is 51.8. The molecule has 0 fully saturated rings. The molecule has 0 bridgehead atoms. The third kappa shape index (κ3) is 43.4. The number of hydrogen-bond donors (Lipinski definition) is 0. The zero-order chi connectivity index (χ0) is 32.4. The Morgan fingerprint density at radius 2 is 1.09 bits per heavy atom. The quantitative estimate of drug-likeness (QED) is 0.0318. The Hall–Kier alpha value is 1.40. The molecule has 0 radical (unpaired) electrons. The van der Waals surface area contributed by atoms with E-state index >= 15 is 0 Å². The van der Waals surface area contributed by atoms with Crippen molar-refractivity contribution >= 4 is 32.0 Å². The number of esters is 1. The van der Waals surface area contributed by atoms with Gasteiger partial charge >= 0.3 is 65.1 Å². The monoisotopic (exact) mass is 710 g/mol. The zero-order valence-electron chi connectivity index (χ0n) is 30.0. The van der Waals surface area contributed by atoms with Crippen LogP contribution in [0.2, 0.25) is 0 Å². The summed E-state index contributed by atoms with van der Waals surface area (Å²) in [6.07, 6.45) is 29.9. The topological polar surface area (TPSA) is 125 Å². The van der Waals surface area contributed by atoms with Gasteiger partial charge in [0.2, 0.25) is 0 Å². The molecule has 1 atom stereocenters. The largest absolute Gasteiger partial charge is 1.00 e. The summed E-state index contributed by atoms with van der Waals surface area (Å²) >= 11 is 1.61. The van der Waals surface area contributed by atoms with Gasteiger partial charge in [0.15, 0.2) is 0 Å². The van der Waals surface area contributed by atoms with Gasteiger partial charge in [0.05, 0.1) is 21.0 Å². The number of phosphoric ester groups is 1. The number of hydrogen-bond acceptors (Lipinski definition) is 9. The van der Waals surface area contributed by atoms with Crippen molar-refractivity contribution in [3.05, 3.63) is 0 Å². The van der Waals surface area contributed by atoms with Crippen molar-refractivity contribution in [3.8, 4) is 0 Å². The van der Waals surface area contributed by atoms with Crippen LogP contribution in [0.4, 0.5) is 0 Å². The van der Waals surface area contributed by atoms with E-state index in [1.165, 1.54) is 116 Å². The van der Waals surface area contributed by atoms with E-state index < -0.39 is 20.5 Å². The molecule has 0 aliphatic heterocycles. The van der Waals surface area contributed by atoms with E-state index in [1.807, 2.05) is 0 Å². The summed E-state index contributed by atoms with van der Waals surface area (Å²) in [7, 11) is -5.11. The molecule has 12 heteroatoms. The van der Waals surface area contributed by atoms with Crippen molar-refractivity contribution < 1.29 is 97.1 Å². The summed E-state index contributed by atoms with van der Waals surface area (Å²) in [5.74, 6) is 0.976. The van der Waals surface area contributed by atoms with E-state index in [-0.39, 0.29) is 65.1 Å². The predicted molar refractivity (Wildman–Crippen MR) is 178 cm³/mol. The molecule has 0 aromatic carbocycles. The van der Waals surface area contributed by atoms with E-state index in [0.29, 0.717) is 25.3 Å². The van der Waals surface area contributed by atoms with Crippen molar-refractivity contribution in [3.63, 3.8) is 0 Å². The number of carbonyl (C=O) groups excluding carboxylic acids is 2. The average Bonchev–Trinajstić information content (AvgIpc) is 2.99. The maximum absolute atomic E-state index is 12.3. The standard InChI is InChI=1S/C34H67O8PS.2Na/c1-2-3-4-5-6-7-8-9-12-15-18-21-24-27-34(36)42-33(30-41-43(37,38)39)31-44-29-26-23-20-17-14-11-10-13-16-19-22-25-28-40-32-35;;/h32-33H,2-31H2,1H3,(H2,37,38,39);;/q;2*+1/p-2/t33-;;/m1../s1. The molecule has 262 valence electrons. The fraction of sp³-hybridized carbons (Fsp3) is 0.941. The molecule has 0 amide bonds. The van der Waals surface area contributed by atoms with Gasteiger partial charge in [-0.3, -0.25) is 9.59 Å². The molecule has 0 aromatic heterocycles. The van der Waals surface area contributed by atoms with Crippen LogP contribution in [0.15, 0.2) is 0 Å². The predicted octanol–water partition coefficient (Wildman–Crippen LogP) is 2.82. The van der Waals surface area contributed by atoms with E-state index in [4.69, 9.17) is 9.47 Å². The normalized spacial score (nSPS) is 11.8. The molecule has 46 heavy (non-hydrogen) atoms. The molecular formula is C34H65Na2O8PS. The van der Waals surface area contributed by atoms with Crippen molar-refractivity contribution in [1.29, 1.82) is 0 Å². The first-order valence-corrected chi connectivity index (χ1v) is 20.5. The minimum atomic E-state index is -5.11. The Morgan fingerprint density at radius 3 is 1.52 bits per heavy atom. The second-order valence-corrected chi connectivity index (χ2v) is 14.4. The molecule has 0 aliphatic carbocycles. The second kappa shape index (κ2) is 40.8. The SMILES string of the molecule is CCCCCCCCCCCCCCCC(=O)O[C@H](COP(=O)([O-])[O-])CSCCCCCCCCCCCCCCOC=O.[Na+].[Na+]. The molecule has 0 spiro atoms. The maximum atomic E-state index is 12.3. The molecule has 0 aliphatic rings. The second-order valence-electron chi connectivity index (χ2n) is 12.1. The molecule has 0 N–H and O–H groups in total. The number of carbonyl (C=O) groups is 2. The van der Waals surface area contributed by atoms with Gasteiger partial charge in [-0.1, -0.05) is 148 Å². The van der Waals surface area contributed by atoms with Crippen LogP contribution in [0.3, 0.4) is 0 Å². The minimum Gasteiger partial charge on any atom is -0.790 e. The van der Waals surface area contributed by atoms with Crippen LogP contribution in [0.1, 0.15) is 174 Å². The number of rotatable bonds is 36. The number of unbranched alkanes of at least 4 members (excludes halogenated alkanes) is 23. The van der Waals surface area contributed by atoms with Gasteiger partial charge in [-0.05, 0) is 25.0 Å². The van der Waals surface area contributed by atoms with Crippen molar-refractivity contribution in [2.24, 2.45) is 0 Å². The molecule has 0 rings (SSSR count). The summed E-state index contributed by atoms with van der Waals surface area (Å²) in [6.45, 7) is 2.89. The van der Waals surface area contributed by atoms with Crippen LogP contribution in [0, 0.1) is 0 Å². The van der Waals surface area contributed by atoms with Crippen LogP contribution in [-0.4, -0.2) is 43.3 Å². The van der Waals surface area contributed by atoms with Gasteiger partial charge in [0.25, 0.3) is 6.47 Å². The van der Waals surface area contributed by atoms with E-state index in [0.717, 1.165) is 50.7 Å². The first-order valence-electron chi connectivity index (χ1n) is 17.9. The molecule has 8 nitrogen and oxygen atoms in total. The van der Waals surface area contributed by atoms with E-state index in [2.05, 4.69) is 11.4 Å². The summed E-state index contributed by atoms with van der Waals surface area (Å²) < 4.78 is 25.6. The van der Waals surface area contributed by atoms with E-state index in [9.17, 15) is 23.9 Å². The number of ether oxygens (including phenoxy) is 2. The fourth-order valence-corrected chi connectivity index (χ4v) is 6.59. The van der Waals surface area contributed by atoms with Crippen LogP contribution in [0.25, 0.3) is 0 Å². The summed E-state index contributed by atoms with van der Waals surface area (Å²) in [6, 6.07) is 0. The van der Waals surface area contributed by atoms with E-state index in [1.54, 1.807) is 11.8 Å². The molecule has 0 aromatic rings. The van der Waals surface area contributed by atoms with Crippen molar-refractivity contribution in [2.45, 2.75) is 180 Å². The Balaban J connectivity index is -0.00000924. The fourth-order valence-electron chi connectivity index (χ4n) is 5.24. The first-order chi connectivity index (χ1) is 21.4. The maximum Gasteiger partial charge on any atom is 1.00 e. The molecule has 0 saturated carbocycles. The Kier molecular flexibility index (Phi) is 45.9. The molecule has 0 saturated heterocycles. The average molecular weight is 711 g/mol. The van der Waals surface area contributed by atoms with Gasteiger partial charge in [0, 0.05) is 12.2 Å². The third-order valence-electron chi connectivity index (χ3n) is 7.87. The number of phosphoric acid groups is 1. The molecular weight excluding hydrogens is 645 g/mol. The van der Waals surface area contributed by atoms with Crippen LogP contribution >= 0.6 is 19.6 Å². The zero-order valence-corrected chi connectivity index (χ0v) is 35.7. The summed E-state index contributed by atoms with van der Waals surface area (Å²) in [4.78, 5) is 44.3. The smallest absolute Gasteiger partial charge is 0.790 e. The van der Waals surface area contributed by atoms with Gasteiger partial charge < -0.3 is 28.3 Å². The Bertz CT molecular complexity index is 688.